The van der Waals surface area contributed by atoms with Crippen LogP contribution < -0.4 is 5.32 Å². The zero-order chi connectivity index (χ0) is 16.3. The number of nitrogens with zero attached hydrogens (tertiary/aromatic N) is 1. The minimum Gasteiger partial charge on any atom is -0.304 e. The van der Waals surface area contributed by atoms with Gasteiger partial charge in [-0.2, -0.15) is 17.5 Å². The van der Waals surface area contributed by atoms with Crippen molar-refractivity contribution in [3.63, 3.8) is 0 Å². The second-order valence-corrected chi connectivity index (χ2v) is 6.90. The molecule has 1 N–H and O–H groups in total. The third kappa shape index (κ3) is 5.76. The van der Waals surface area contributed by atoms with Crippen LogP contribution in [0, 0.1) is 0 Å². The van der Waals surface area contributed by atoms with Gasteiger partial charge in [-0.1, -0.05) is 11.6 Å². The van der Waals surface area contributed by atoms with Gasteiger partial charge in [0.25, 0.3) is 0 Å². The molecule has 1 atom stereocenters. The summed E-state index contributed by atoms with van der Waals surface area (Å²) in [6.45, 7) is 1.98. The molecule has 0 amide bonds. The predicted octanol–water partition coefficient (Wildman–Crippen LogP) is 1.97. The SMILES string of the molecule is C/C(F)=C\C=C(/C)CS(=O)(=O)N1CCNC(C(F)(F)F)C1. The number of hydrogen-bond donors (Lipinski definition) is 1. The Hall–Kier alpha value is -0.930. The van der Waals surface area contributed by atoms with Gasteiger partial charge < -0.3 is 5.32 Å². The lowest BCUT2D eigenvalue weighted by Crippen LogP contribution is -2.58. The minimum absolute atomic E-state index is 0.0137. The molecule has 9 heteroatoms. The molecule has 0 radical (unpaired) electrons. The van der Waals surface area contributed by atoms with E-state index in [1.807, 2.05) is 0 Å². The van der Waals surface area contributed by atoms with Crippen molar-refractivity contribution in [2.45, 2.75) is 26.1 Å². The maximum absolute atomic E-state index is 12.6. The van der Waals surface area contributed by atoms with Gasteiger partial charge in [-0.25, -0.2) is 12.8 Å². The first-order valence-corrected chi connectivity index (χ1v) is 7.91. The quantitative estimate of drug-likeness (QED) is 0.633. The van der Waals surface area contributed by atoms with Crippen molar-refractivity contribution in [3.05, 3.63) is 23.6 Å². The molecule has 1 aliphatic heterocycles. The van der Waals surface area contributed by atoms with Crippen molar-refractivity contribution in [1.82, 2.24) is 9.62 Å². The van der Waals surface area contributed by atoms with Crippen LogP contribution in [0.15, 0.2) is 23.6 Å². The Balaban J connectivity index is 2.79. The van der Waals surface area contributed by atoms with Crippen LogP contribution in [0.1, 0.15) is 13.8 Å². The van der Waals surface area contributed by atoms with Crippen LogP contribution in [0.5, 0.6) is 0 Å². The minimum atomic E-state index is -4.49. The number of piperazine rings is 1. The lowest BCUT2D eigenvalue weighted by Gasteiger charge is -2.33. The maximum Gasteiger partial charge on any atom is 0.405 e. The van der Waals surface area contributed by atoms with Crippen molar-refractivity contribution in [2.75, 3.05) is 25.4 Å². The molecule has 1 aliphatic rings. The van der Waals surface area contributed by atoms with Crippen LogP contribution in [0.3, 0.4) is 0 Å². The van der Waals surface area contributed by atoms with E-state index in [-0.39, 0.29) is 13.1 Å². The van der Waals surface area contributed by atoms with Crippen LogP contribution in [-0.2, 0) is 10.0 Å². The molecule has 0 aliphatic carbocycles. The van der Waals surface area contributed by atoms with Crippen LogP contribution >= 0.6 is 0 Å². The molecule has 1 rings (SSSR count). The Kier molecular flexibility index (Phi) is 5.94. The van der Waals surface area contributed by atoms with E-state index >= 15 is 0 Å². The fraction of sp³-hybridized carbons (Fsp3) is 0.667. The lowest BCUT2D eigenvalue weighted by atomic mass is 10.2. The van der Waals surface area contributed by atoms with Crippen molar-refractivity contribution < 1.29 is 26.0 Å². The Morgan fingerprint density at radius 2 is 1.95 bits per heavy atom. The average Bonchev–Trinajstić information content (AvgIpc) is 2.35. The molecule has 1 saturated heterocycles. The van der Waals surface area contributed by atoms with Gasteiger partial charge in [0.1, 0.15) is 6.04 Å². The first-order valence-electron chi connectivity index (χ1n) is 6.30. The van der Waals surface area contributed by atoms with Crippen LogP contribution in [0.25, 0.3) is 0 Å². The van der Waals surface area contributed by atoms with E-state index in [0.717, 1.165) is 10.4 Å². The number of allylic oxidation sites excluding steroid dienone is 3. The van der Waals surface area contributed by atoms with Gasteiger partial charge in [-0.05, 0) is 19.9 Å². The van der Waals surface area contributed by atoms with Crippen molar-refractivity contribution in [3.8, 4) is 0 Å². The lowest BCUT2D eigenvalue weighted by molar-refractivity contribution is -0.160. The Labute approximate surface area is 121 Å². The standard InChI is InChI=1S/C12H18F4N2O2S/c1-9(3-4-10(2)13)8-21(19,20)18-6-5-17-11(7-18)12(14,15)16/h3-4,11,17H,5-8H2,1-2H3/b9-3+,10-4+. The molecule has 0 spiro atoms. The van der Waals surface area contributed by atoms with Crippen molar-refractivity contribution >= 4 is 10.0 Å². The molecule has 0 saturated carbocycles. The molecule has 0 bridgehead atoms. The Bertz CT molecular complexity index is 522. The first-order chi connectivity index (χ1) is 9.52. The third-order valence-electron chi connectivity index (χ3n) is 2.93. The van der Waals surface area contributed by atoms with Gasteiger partial charge in [0.15, 0.2) is 0 Å². The van der Waals surface area contributed by atoms with E-state index in [1.54, 1.807) is 0 Å². The van der Waals surface area contributed by atoms with Gasteiger partial charge >= 0.3 is 6.18 Å². The van der Waals surface area contributed by atoms with E-state index in [4.69, 9.17) is 0 Å². The summed E-state index contributed by atoms with van der Waals surface area (Å²) in [5.41, 5.74) is 0.356. The number of alkyl halides is 3. The molecule has 1 heterocycles. The highest BCUT2D eigenvalue weighted by molar-refractivity contribution is 7.89. The number of rotatable bonds is 4. The summed E-state index contributed by atoms with van der Waals surface area (Å²) < 4.78 is 75.4. The Morgan fingerprint density at radius 3 is 2.48 bits per heavy atom. The summed E-state index contributed by atoms with van der Waals surface area (Å²) in [5, 5.41) is 2.25. The topological polar surface area (TPSA) is 49.4 Å². The maximum atomic E-state index is 12.6. The zero-order valence-electron chi connectivity index (χ0n) is 11.7. The van der Waals surface area contributed by atoms with E-state index in [9.17, 15) is 26.0 Å². The van der Waals surface area contributed by atoms with Gasteiger partial charge in [-0.3, -0.25) is 0 Å². The summed E-state index contributed by atoms with van der Waals surface area (Å²) in [4.78, 5) is 0. The van der Waals surface area contributed by atoms with Gasteiger partial charge in [0.2, 0.25) is 10.0 Å². The fourth-order valence-corrected chi connectivity index (χ4v) is 3.48. The monoisotopic (exact) mass is 330 g/mol. The predicted molar refractivity (Wildman–Crippen MR) is 71.8 cm³/mol. The molecule has 21 heavy (non-hydrogen) atoms. The second kappa shape index (κ2) is 6.89. The third-order valence-corrected chi connectivity index (χ3v) is 4.87. The summed E-state index contributed by atoms with van der Waals surface area (Å²) in [6.07, 6.45) is -2.08. The molecule has 1 fully saturated rings. The smallest absolute Gasteiger partial charge is 0.304 e. The summed E-state index contributed by atoms with van der Waals surface area (Å²) in [5.74, 6) is -0.910. The van der Waals surface area contributed by atoms with Gasteiger partial charge in [-0.15, -0.1) is 0 Å². The van der Waals surface area contributed by atoms with E-state index in [2.05, 4.69) is 5.32 Å². The Morgan fingerprint density at radius 1 is 1.33 bits per heavy atom. The summed E-state index contributed by atoms with van der Waals surface area (Å²) >= 11 is 0. The first kappa shape index (κ1) is 18.1. The van der Waals surface area contributed by atoms with Crippen LogP contribution in [-0.4, -0.2) is 50.3 Å². The molecule has 1 unspecified atom stereocenters. The molecule has 4 nitrogen and oxygen atoms in total. The number of sulfonamides is 1. The van der Waals surface area contributed by atoms with Gasteiger partial charge in [0.05, 0.1) is 11.6 Å². The highest BCUT2D eigenvalue weighted by atomic mass is 32.2. The highest BCUT2D eigenvalue weighted by Crippen LogP contribution is 2.23. The highest BCUT2D eigenvalue weighted by Gasteiger charge is 2.44. The van der Waals surface area contributed by atoms with E-state index in [1.165, 1.54) is 19.9 Å². The summed E-state index contributed by atoms with van der Waals surface area (Å²) in [7, 11) is -3.85. The zero-order valence-corrected chi connectivity index (χ0v) is 12.6. The van der Waals surface area contributed by atoms with Crippen LogP contribution in [0.2, 0.25) is 0 Å². The van der Waals surface area contributed by atoms with Gasteiger partial charge in [0, 0.05) is 19.6 Å². The average molecular weight is 330 g/mol. The van der Waals surface area contributed by atoms with Crippen molar-refractivity contribution in [1.29, 1.82) is 0 Å². The fourth-order valence-electron chi connectivity index (χ4n) is 1.88. The van der Waals surface area contributed by atoms with Crippen LogP contribution in [0.4, 0.5) is 17.6 Å². The number of halogens is 4. The largest absolute Gasteiger partial charge is 0.405 e. The number of nitrogens with one attached hydrogen (secondary N) is 1. The number of hydrogen-bond acceptors (Lipinski definition) is 3. The molecule has 0 aromatic rings. The van der Waals surface area contributed by atoms with Crippen molar-refractivity contribution in [2.24, 2.45) is 0 Å². The second-order valence-electron chi connectivity index (χ2n) is 4.93. The van der Waals surface area contributed by atoms with E-state index < -0.39 is 40.4 Å². The molecular weight excluding hydrogens is 312 g/mol. The normalized spacial score (nSPS) is 23.4. The molecular formula is C12H18F4N2O2S. The summed E-state index contributed by atoms with van der Waals surface area (Å²) in [6, 6.07) is -1.86. The molecule has 0 aromatic heterocycles. The van der Waals surface area contributed by atoms with E-state index in [0.29, 0.717) is 5.57 Å². The molecule has 0 aromatic carbocycles. The molecule has 122 valence electrons.